The standard InChI is InChI=1S/C31H37ClN2O3/c1-22(2)19-33-31(36)28(18-24-12-6-5-7-13-24)34(20-25-14-8-10-16-27(25)32)30(35)21-37-29-17-11-9-15-26(29)23(3)4/h5-17,22-23,28H,18-21H2,1-4H3,(H,33,36)/t28-/m1/s1. The van der Waals surface area contributed by atoms with Crippen molar-refractivity contribution in [2.75, 3.05) is 13.2 Å². The van der Waals surface area contributed by atoms with Crippen molar-refractivity contribution in [1.82, 2.24) is 10.2 Å². The molecule has 2 amide bonds. The van der Waals surface area contributed by atoms with Crippen LogP contribution in [0.15, 0.2) is 78.9 Å². The SMILES string of the molecule is CC(C)CNC(=O)[C@@H](Cc1ccccc1)N(Cc1ccccc1Cl)C(=O)COc1ccccc1C(C)C. The number of carbonyl (C=O) groups excluding carboxylic acids is 2. The number of hydrogen-bond donors (Lipinski definition) is 1. The van der Waals surface area contributed by atoms with Gasteiger partial charge in [-0.15, -0.1) is 0 Å². The van der Waals surface area contributed by atoms with E-state index in [9.17, 15) is 9.59 Å². The number of nitrogens with zero attached hydrogens (tertiary/aromatic N) is 1. The van der Waals surface area contributed by atoms with Crippen molar-refractivity contribution >= 4 is 23.4 Å². The number of amides is 2. The van der Waals surface area contributed by atoms with Gasteiger partial charge in [0.25, 0.3) is 5.91 Å². The van der Waals surface area contributed by atoms with Crippen LogP contribution in [0.25, 0.3) is 0 Å². The minimum atomic E-state index is -0.728. The summed E-state index contributed by atoms with van der Waals surface area (Å²) in [5.41, 5.74) is 2.77. The fourth-order valence-corrected chi connectivity index (χ4v) is 4.29. The Labute approximate surface area is 225 Å². The lowest BCUT2D eigenvalue weighted by molar-refractivity contribution is -0.142. The number of hydrogen-bond acceptors (Lipinski definition) is 3. The van der Waals surface area contributed by atoms with Gasteiger partial charge in [-0.25, -0.2) is 0 Å². The monoisotopic (exact) mass is 520 g/mol. The second kappa shape index (κ2) is 13.8. The highest BCUT2D eigenvalue weighted by molar-refractivity contribution is 6.31. The molecule has 0 aliphatic rings. The van der Waals surface area contributed by atoms with Crippen LogP contribution in [0.5, 0.6) is 5.75 Å². The number of halogens is 1. The highest BCUT2D eigenvalue weighted by atomic mass is 35.5. The molecule has 0 saturated carbocycles. The lowest BCUT2D eigenvalue weighted by Gasteiger charge is -2.32. The molecule has 37 heavy (non-hydrogen) atoms. The van der Waals surface area contributed by atoms with Crippen molar-refractivity contribution in [3.63, 3.8) is 0 Å². The molecule has 0 bridgehead atoms. The normalized spacial score (nSPS) is 11.9. The van der Waals surface area contributed by atoms with E-state index in [0.717, 1.165) is 16.7 Å². The van der Waals surface area contributed by atoms with E-state index in [1.807, 2.05) is 86.6 Å². The number of nitrogens with one attached hydrogen (secondary N) is 1. The highest BCUT2D eigenvalue weighted by Gasteiger charge is 2.31. The molecule has 3 aromatic carbocycles. The summed E-state index contributed by atoms with van der Waals surface area (Å²) in [4.78, 5) is 28.9. The fraction of sp³-hybridized carbons (Fsp3) is 0.355. The van der Waals surface area contributed by atoms with Crippen LogP contribution in [0.3, 0.4) is 0 Å². The smallest absolute Gasteiger partial charge is 0.261 e. The quantitative estimate of drug-likeness (QED) is 0.307. The molecule has 1 N–H and O–H groups in total. The molecule has 0 heterocycles. The second-order valence-corrected chi connectivity index (χ2v) is 10.3. The number of benzene rings is 3. The van der Waals surface area contributed by atoms with Crippen molar-refractivity contribution < 1.29 is 14.3 Å². The third-order valence-corrected chi connectivity index (χ3v) is 6.52. The van der Waals surface area contributed by atoms with Gasteiger partial charge in [0.2, 0.25) is 5.91 Å². The number of para-hydroxylation sites is 1. The molecule has 0 saturated heterocycles. The zero-order chi connectivity index (χ0) is 26.8. The van der Waals surface area contributed by atoms with Crippen LogP contribution < -0.4 is 10.1 Å². The first-order chi connectivity index (χ1) is 17.8. The van der Waals surface area contributed by atoms with Gasteiger partial charge in [0.05, 0.1) is 0 Å². The van der Waals surface area contributed by atoms with Gasteiger partial charge in [-0.1, -0.05) is 106 Å². The lowest BCUT2D eigenvalue weighted by atomic mass is 10.0. The maximum atomic E-state index is 13.8. The van der Waals surface area contributed by atoms with Crippen molar-refractivity contribution in [3.8, 4) is 5.75 Å². The minimum absolute atomic E-state index is 0.184. The third kappa shape index (κ3) is 8.36. The van der Waals surface area contributed by atoms with E-state index in [4.69, 9.17) is 16.3 Å². The molecule has 5 nitrogen and oxygen atoms in total. The first kappa shape index (κ1) is 28.3. The molecular weight excluding hydrogens is 484 g/mol. The summed E-state index contributed by atoms with van der Waals surface area (Å²) < 4.78 is 6.03. The second-order valence-electron chi connectivity index (χ2n) is 9.94. The van der Waals surface area contributed by atoms with Crippen LogP contribution >= 0.6 is 11.6 Å². The summed E-state index contributed by atoms with van der Waals surface area (Å²) in [6.07, 6.45) is 0.379. The van der Waals surface area contributed by atoms with E-state index < -0.39 is 6.04 Å². The van der Waals surface area contributed by atoms with Crippen LogP contribution in [0.1, 0.15) is 50.3 Å². The lowest BCUT2D eigenvalue weighted by Crippen LogP contribution is -2.52. The molecule has 0 aliphatic heterocycles. The summed E-state index contributed by atoms with van der Waals surface area (Å²) in [5, 5.41) is 3.58. The van der Waals surface area contributed by atoms with Crippen LogP contribution in [0.2, 0.25) is 5.02 Å². The van der Waals surface area contributed by atoms with Crippen molar-refractivity contribution in [1.29, 1.82) is 0 Å². The zero-order valence-electron chi connectivity index (χ0n) is 22.1. The van der Waals surface area contributed by atoms with E-state index >= 15 is 0 Å². The van der Waals surface area contributed by atoms with Gasteiger partial charge in [0, 0.05) is 24.5 Å². The summed E-state index contributed by atoms with van der Waals surface area (Å²) in [5.74, 6) is 0.732. The first-order valence-electron chi connectivity index (χ1n) is 12.8. The number of ether oxygens (including phenoxy) is 1. The Morgan fingerprint density at radius 3 is 2.22 bits per heavy atom. The van der Waals surface area contributed by atoms with Gasteiger partial charge in [-0.2, -0.15) is 0 Å². The number of rotatable bonds is 12. The molecule has 0 spiro atoms. The first-order valence-corrected chi connectivity index (χ1v) is 13.2. The molecule has 0 aromatic heterocycles. The molecule has 3 aromatic rings. The summed E-state index contributed by atoms with van der Waals surface area (Å²) in [6.45, 7) is 8.79. The van der Waals surface area contributed by atoms with Gasteiger partial charge < -0.3 is 15.0 Å². The van der Waals surface area contributed by atoms with Crippen molar-refractivity contribution in [2.24, 2.45) is 5.92 Å². The van der Waals surface area contributed by atoms with E-state index in [-0.39, 0.29) is 36.8 Å². The summed E-state index contributed by atoms with van der Waals surface area (Å²) >= 11 is 6.48. The zero-order valence-corrected chi connectivity index (χ0v) is 22.9. The predicted molar refractivity (Wildman–Crippen MR) is 150 cm³/mol. The number of carbonyl (C=O) groups is 2. The van der Waals surface area contributed by atoms with Crippen molar-refractivity contribution in [3.05, 3.63) is 101 Å². The van der Waals surface area contributed by atoms with E-state index in [1.165, 1.54) is 0 Å². The molecule has 3 rings (SSSR count). The molecular formula is C31H37ClN2O3. The van der Waals surface area contributed by atoms with Crippen molar-refractivity contribution in [2.45, 2.75) is 52.6 Å². The highest BCUT2D eigenvalue weighted by Crippen LogP contribution is 2.26. The minimum Gasteiger partial charge on any atom is -0.483 e. The van der Waals surface area contributed by atoms with E-state index in [2.05, 4.69) is 19.2 Å². The van der Waals surface area contributed by atoms with E-state index in [0.29, 0.717) is 23.7 Å². The van der Waals surface area contributed by atoms with Crippen LogP contribution in [-0.4, -0.2) is 35.9 Å². The molecule has 196 valence electrons. The molecule has 0 aliphatic carbocycles. The molecule has 0 radical (unpaired) electrons. The van der Waals surface area contributed by atoms with Crippen LogP contribution in [-0.2, 0) is 22.6 Å². The molecule has 0 unspecified atom stereocenters. The van der Waals surface area contributed by atoms with Gasteiger partial charge >= 0.3 is 0 Å². The van der Waals surface area contributed by atoms with E-state index in [1.54, 1.807) is 11.0 Å². The third-order valence-electron chi connectivity index (χ3n) is 6.15. The van der Waals surface area contributed by atoms with Gasteiger partial charge in [-0.05, 0) is 40.7 Å². The predicted octanol–water partition coefficient (Wildman–Crippen LogP) is 6.25. The summed E-state index contributed by atoms with van der Waals surface area (Å²) in [7, 11) is 0. The summed E-state index contributed by atoms with van der Waals surface area (Å²) in [6, 6.07) is 24.1. The molecule has 1 atom stereocenters. The van der Waals surface area contributed by atoms with Gasteiger partial charge in [0.1, 0.15) is 11.8 Å². The van der Waals surface area contributed by atoms with Gasteiger partial charge in [-0.3, -0.25) is 9.59 Å². The Balaban J connectivity index is 1.93. The average Bonchev–Trinajstić information content (AvgIpc) is 2.89. The van der Waals surface area contributed by atoms with Crippen LogP contribution in [0.4, 0.5) is 0 Å². The Morgan fingerprint density at radius 1 is 0.892 bits per heavy atom. The van der Waals surface area contributed by atoms with Crippen LogP contribution in [0, 0.1) is 5.92 Å². The Morgan fingerprint density at radius 2 is 1.54 bits per heavy atom. The molecule has 6 heteroatoms. The Bertz CT molecular complexity index is 1160. The van der Waals surface area contributed by atoms with Gasteiger partial charge in [0.15, 0.2) is 6.61 Å². The molecule has 0 fully saturated rings. The Hall–Kier alpha value is -3.31. The maximum Gasteiger partial charge on any atom is 0.261 e. The largest absolute Gasteiger partial charge is 0.483 e. The topological polar surface area (TPSA) is 58.6 Å². The Kier molecular flexibility index (Phi) is 10.6. The fourth-order valence-electron chi connectivity index (χ4n) is 4.10. The maximum absolute atomic E-state index is 13.8. The average molecular weight is 521 g/mol.